The Balaban J connectivity index is 2.10. The van der Waals surface area contributed by atoms with Crippen LogP contribution in [0, 0.1) is 10.1 Å². The lowest BCUT2D eigenvalue weighted by Gasteiger charge is -2.23. The maximum Gasteiger partial charge on any atom is 0.269 e. The van der Waals surface area contributed by atoms with E-state index in [1.165, 1.54) is 24.3 Å². The molecule has 1 aliphatic heterocycles. The monoisotopic (exact) mass is 249 g/mol. The molecule has 0 saturated carbocycles. The number of nitrogens with zero attached hydrogens (tertiary/aromatic N) is 2. The number of likely N-dealkylation sites (N-methyl/N-ethyl adjacent to an activating group) is 1. The average molecular weight is 249 g/mol. The van der Waals surface area contributed by atoms with Crippen LogP contribution < -0.4 is 5.32 Å². The number of nitro benzene ring substituents is 1. The summed E-state index contributed by atoms with van der Waals surface area (Å²) in [7, 11) is 1.77. The van der Waals surface area contributed by atoms with Gasteiger partial charge in [-0.05, 0) is 25.1 Å². The van der Waals surface area contributed by atoms with Crippen LogP contribution >= 0.6 is 0 Å². The second kappa shape index (κ2) is 5.14. The van der Waals surface area contributed by atoms with E-state index < -0.39 is 4.92 Å². The van der Waals surface area contributed by atoms with Gasteiger partial charge in [0.15, 0.2) is 0 Å². The fourth-order valence-electron chi connectivity index (χ4n) is 2.07. The second-order valence-corrected chi connectivity index (χ2v) is 4.37. The number of carbonyl (C=O) groups is 1. The summed E-state index contributed by atoms with van der Waals surface area (Å²) >= 11 is 0. The van der Waals surface area contributed by atoms with Crippen LogP contribution in [0.3, 0.4) is 0 Å². The minimum atomic E-state index is -0.473. The maximum atomic E-state index is 12.1. The molecule has 1 N–H and O–H groups in total. The molecule has 0 bridgehead atoms. The number of nitrogens with one attached hydrogen (secondary N) is 1. The van der Waals surface area contributed by atoms with Gasteiger partial charge in [0.05, 0.1) is 4.92 Å². The quantitative estimate of drug-likeness (QED) is 0.641. The van der Waals surface area contributed by atoms with E-state index in [1.807, 2.05) is 0 Å². The minimum absolute atomic E-state index is 0.00302. The van der Waals surface area contributed by atoms with E-state index in [9.17, 15) is 14.9 Å². The molecule has 18 heavy (non-hydrogen) atoms. The molecule has 1 aliphatic rings. The number of amides is 1. The third kappa shape index (κ3) is 2.48. The smallest absolute Gasteiger partial charge is 0.269 e. The van der Waals surface area contributed by atoms with E-state index in [1.54, 1.807) is 11.9 Å². The molecule has 0 radical (unpaired) electrons. The molecule has 6 nitrogen and oxygen atoms in total. The highest BCUT2D eigenvalue weighted by Gasteiger charge is 2.24. The highest BCUT2D eigenvalue weighted by atomic mass is 16.6. The van der Waals surface area contributed by atoms with Gasteiger partial charge in [0.2, 0.25) is 0 Å². The fourth-order valence-corrected chi connectivity index (χ4v) is 2.07. The van der Waals surface area contributed by atoms with Gasteiger partial charge < -0.3 is 10.2 Å². The molecule has 96 valence electrons. The van der Waals surface area contributed by atoms with Crippen molar-refractivity contribution in [1.82, 2.24) is 10.2 Å². The first-order valence-electron chi connectivity index (χ1n) is 5.82. The summed E-state index contributed by atoms with van der Waals surface area (Å²) < 4.78 is 0. The second-order valence-electron chi connectivity index (χ2n) is 4.37. The molecular weight excluding hydrogens is 234 g/mol. The number of non-ortho nitro benzene ring substituents is 1. The van der Waals surface area contributed by atoms with Gasteiger partial charge in [-0.1, -0.05) is 0 Å². The Kier molecular flexibility index (Phi) is 3.57. The summed E-state index contributed by atoms with van der Waals surface area (Å²) in [5, 5.41) is 13.7. The zero-order valence-corrected chi connectivity index (χ0v) is 10.1. The SMILES string of the molecule is CN(C(=O)c1ccc([N+](=O)[O-])cc1)C1CCNC1. The molecule has 1 fully saturated rings. The molecule has 1 unspecified atom stereocenters. The van der Waals surface area contributed by atoms with Gasteiger partial charge in [-0.25, -0.2) is 0 Å². The van der Waals surface area contributed by atoms with Crippen molar-refractivity contribution in [3.05, 3.63) is 39.9 Å². The fraction of sp³-hybridized carbons (Fsp3) is 0.417. The topological polar surface area (TPSA) is 75.5 Å². The molecule has 1 heterocycles. The van der Waals surface area contributed by atoms with Crippen LogP contribution in [0.2, 0.25) is 0 Å². The van der Waals surface area contributed by atoms with Crippen molar-refractivity contribution in [3.8, 4) is 0 Å². The predicted molar refractivity (Wildman–Crippen MR) is 66.5 cm³/mol. The minimum Gasteiger partial charge on any atom is -0.337 e. The first-order valence-corrected chi connectivity index (χ1v) is 5.82. The van der Waals surface area contributed by atoms with E-state index in [-0.39, 0.29) is 17.6 Å². The number of hydrogen-bond acceptors (Lipinski definition) is 4. The van der Waals surface area contributed by atoms with Crippen molar-refractivity contribution in [1.29, 1.82) is 0 Å². The number of rotatable bonds is 3. The molecule has 6 heteroatoms. The summed E-state index contributed by atoms with van der Waals surface area (Å²) in [5.41, 5.74) is 0.478. The number of benzene rings is 1. The molecule has 1 atom stereocenters. The van der Waals surface area contributed by atoms with Gasteiger partial charge in [0.1, 0.15) is 0 Å². The van der Waals surface area contributed by atoms with Gasteiger partial charge in [-0.15, -0.1) is 0 Å². The average Bonchev–Trinajstić information content (AvgIpc) is 2.91. The van der Waals surface area contributed by atoms with E-state index in [0.29, 0.717) is 5.56 Å². The van der Waals surface area contributed by atoms with Gasteiger partial charge in [-0.2, -0.15) is 0 Å². The molecule has 0 aliphatic carbocycles. The van der Waals surface area contributed by atoms with Crippen LogP contribution in [0.25, 0.3) is 0 Å². The van der Waals surface area contributed by atoms with Crippen LogP contribution in [0.1, 0.15) is 16.8 Å². The zero-order valence-electron chi connectivity index (χ0n) is 10.1. The first-order chi connectivity index (χ1) is 8.59. The number of carbonyl (C=O) groups excluding carboxylic acids is 1. The van der Waals surface area contributed by atoms with Crippen LogP contribution in [0.15, 0.2) is 24.3 Å². The standard InChI is InChI=1S/C12H15N3O3/c1-14(11-6-7-13-8-11)12(16)9-2-4-10(5-3-9)15(17)18/h2-5,11,13H,6-8H2,1H3. The van der Waals surface area contributed by atoms with Crippen LogP contribution in [0.5, 0.6) is 0 Å². The maximum absolute atomic E-state index is 12.1. The van der Waals surface area contributed by atoms with Crippen LogP contribution in [0.4, 0.5) is 5.69 Å². The lowest BCUT2D eigenvalue weighted by Crippen LogP contribution is -2.38. The van der Waals surface area contributed by atoms with E-state index in [2.05, 4.69) is 5.32 Å². The summed E-state index contributed by atoms with van der Waals surface area (Å²) in [6.45, 7) is 1.72. The summed E-state index contributed by atoms with van der Waals surface area (Å²) in [5.74, 6) is -0.0985. The van der Waals surface area contributed by atoms with E-state index in [4.69, 9.17) is 0 Å². The van der Waals surface area contributed by atoms with E-state index >= 15 is 0 Å². The van der Waals surface area contributed by atoms with Gasteiger partial charge in [0, 0.05) is 37.3 Å². The van der Waals surface area contributed by atoms with Crippen molar-refractivity contribution in [3.63, 3.8) is 0 Å². The van der Waals surface area contributed by atoms with Crippen LogP contribution in [-0.4, -0.2) is 41.9 Å². The Hall–Kier alpha value is -1.95. The summed E-state index contributed by atoms with van der Waals surface area (Å²) in [6.07, 6.45) is 0.940. The van der Waals surface area contributed by atoms with Gasteiger partial charge in [-0.3, -0.25) is 14.9 Å². The largest absolute Gasteiger partial charge is 0.337 e. The summed E-state index contributed by atoms with van der Waals surface area (Å²) in [6, 6.07) is 5.91. The van der Waals surface area contributed by atoms with Crippen molar-refractivity contribution in [2.45, 2.75) is 12.5 Å². The number of nitro groups is 1. The molecular formula is C12H15N3O3. The zero-order chi connectivity index (χ0) is 13.1. The van der Waals surface area contributed by atoms with Crippen molar-refractivity contribution in [2.75, 3.05) is 20.1 Å². The predicted octanol–water partition coefficient (Wildman–Crippen LogP) is 1.03. The first kappa shape index (κ1) is 12.5. The van der Waals surface area contributed by atoms with Crippen molar-refractivity contribution < 1.29 is 9.72 Å². The Bertz CT molecular complexity index is 452. The molecule has 1 aromatic rings. The highest BCUT2D eigenvalue weighted by molar-refractivity contribution is 5.94. The normalized spacial score (nSPS) is 18.6. The third-order valence-corrected chi connectivity index (χ3v) is 3.23. The molecule has 1 aromatic carbocycles. The Morgan fingerprint density at radius 2 is 2.11 bits per heavy atom. The van der Waals surface area contributed by atoms with E-state index in [0.717, 1.165) is 19.5 Å². The van der Waals surface area contributed by atoms with Crippen molar-refractivity contribution >= 4 is 11.6 Å². The van der Waals surface area contributed by atoms with Crippen LogP contribution in [-0.2, 0) is 0 Å². The Morgan fingerprint density at radius 1 is 1.44 bits per heavy atom. The third-order valence-electron chi connectivity index (χ3n) is 3.23. The van der Waals surface area contributed by atoms with Crippen molar-refractivity contribution in [2.24, 2.45) is 0 Å². The highest BCUT2D eigenvalue weighted by Crippen LogP contribution is 2.15. The number of hydrogen-bond donors (Lipinski definition) is 1. The molecule has 0 aromatic heterocycles. The Morgan fingerprint density at radius 3 is 2.61 bits per heavy atom. The molecule has 1 amide bonds. The van der Waals surface area contributed by atoms with Gasteiger partial charge >= 0.3 is 0 Å². The summed E-state index contributed by atoms with van der Waals surface area (Å²) in [4.78, 5) is 23.9. The Labute approximate surface area is 105 Å². The molecule has 0 spiro atoms. The molecule has 2 rings (SSSR count). The lowest BCUT2D eigenvalue weighted by atomic mass is 10.1. The lowest BCUT2D eigenvalue weighted by molar-refractivity contribution is -0.384. The molecule has 1 saturated heterocycles. The van der Waals surface area contributed by atoms with Gasteiger partial charge in [0.25, 0.3) is 11.6 Å².